The van der Waals surface area contributed by atoms with Gasteiger partial charge in [-0.1, -0.05) is 6.42 Å². The van der Waals surface area contributed by atoms with E-state index >= 15 is 0 Å². The van der Waals surface area contributed by atoms with Crippen molar-refractivity contribution in [3.63, 3.8) is 0 Å². The van der Waals surface area contributed by atoms with Crippen LogP contribution in [0.2, 0.25) is 0 Å². The number of hydrogen-bond donors (Lipinski definition) is 1. The van der Waals surface area contributed by atoms with Gasteiger partial charge in [-0.25, -0.2) is 0 Å². The molecular formula is C13H29N3. The Morgan fingerprint density at radius 2 is 1.88 bits per heavy atom. The monoisotopic (exact) mass is 227 g/mol. The van der Waals surface area contributed by atoms with Crippen LogP contribution in [0.5, 0.6) is 0 Å². The highest BCUT2D eigenvalue weighted by Gasteiger charge is 2.23. The van der Waals surface area contributed by atoms with E-state index < -0.39 is 0 Å². The highest BCUT2D eigenvalue weighted by molar-refractivity contribution is 4.82. The number of nitrogens with zero attached hydrogens (tertiary/aromatic N) is 2. The Morgan fingerprint density at radius 3 is 2.50 bits per heavy atom. The normalized spacial score (nSPS) is 26.6. The second-order valence-electron chi connectivity index (χ2n) is 5.44. The fourth-order valence-corrected chi connectivity index (χ4v) is 2.65. The van der Waals surface area contributed by atoms with Crippen molar-refractivity contribution in [2.45, 2.75) is 44.2 Å². The van der Waals surface area contributed by atoms with Gasteiger partial charge in [-0.3, -0.25) is 0 Å². The molecule has 1 rings (SSSR count). The van der Waals surface area contributed by atoms with Gasteiger partial charge in [0.15, 0.2) is 0 Å². The zero-order valence-electron chi connectivity index (χ0n) is 11.5. The van der Waals surface area contributed by atoms with E-state index in [1.54, 1.807) is 0 Å². The molecule has 0 aliphatic heterocycles. The van der Waals surface area contributed by atoms with Gasteiger partial charge >= 0.3 is 0 Å². The van der Waals surface area contributed by atoms with E-state index in [4.69, 9.17) is 0 Å². The summed E-state index contributed by atoms with van der Waals surface area (Å²) in [5, 5.41) is 3.43. The van der Waals surface area contributed by atoms with Crippen LogP contribution in [-0.2, 0) is 0 Å². The molecule has 0 aromatic carbocycles. The number of rotatable bonds is 6. The van der Waals surface area contributed by atoms with Crippen molar-refractivity contribution in [2.75, 3.05) is 41.3 Å². The van der Waals surface area contributed by atoms with Crippen LogP contribution in [0, 0.1) is 0 Å². The van der Waals surface area contributed by atoms with Gasteiger partial charge < -0.3 is 15.1 Å². The Kier molecular flexibility index (Phi) is 6.32. The Morgan fingerprint density at radius 1 is 1.12 bits per heavy atom. The van der Waals surface area contributed by atoms with Crippen molar-refractivity contribution >= 4 is 0 Å². The van der Waals surface area contributed by atoms with Gasteiger partial charge in [0.1, 0.15) is 0 Å². The molecule has 1 aliphatic carbocycles. The minimum absolute atomic E-state index is 0.745. The summed E-state index contributed by atoms with van der Waals surface area (Å²) >= 11 is 0. The first kappa shape index (κ1) is 13.9. The molecule has 3 nitrogen and oxygen atoms in total. The Balaban J connectivity index is 2.21. The molecule has 1 aliphatic rings. The first-order valence-corrected chi connectivity index (χ1v) is 6.65. The maximum Gasteiger partial charge on any atom is 0.0107 e. The Bertz CT molecular complexity index is 182. The van der Waals surface area contributed by atoms with Crippen LogP contribution in [0.25, 0.3) is 0 Å². The summed E-state index contributed by atoms with van der Waals surface area (Å²) in [7, 11) is 8.69. The summed E-state index contributed by atoms with van der Waals surface area (Å²) in [5.41, 5.74) is 0. The first-order chi connectivity index (χ1) is 7.63. The lowest BCUT2D eigenvalue weighted by atomic mass is 9.90. The largest absolute Gasteiger partial charge is 0.317 e. The predicted octanol–water partition coefficient (Wildman–Crippen LogP) is 1.40. The Labute approximate surface area is 101 Å². The lowest BCUT2D eigenvalue weighted by molar-refractivity contribution is 0.166. The van der Waals surface area contributed by atoms with E-state index in [9.17, 15) is 0 Å². The van der Waals surface area contributed by atoms with Crippen molar-refractivity contribution in [3.05, 3.63) is 0 Å². The molecule has 1 N–H and O–H groups in total. The van der Waals surface area contributed by atoms with Crippen LogP contribution < -0.4 is 5.32 Å². The van der Waals surface area contributed by atoms with E-state index in [2.05, 4.69) is 43.3 Å². The Hall–Kier alpha value is -0.120. The summed E-state index contributed by atoms with van der Waals surface area (Å²) in [6.45, 7) is 2.44. The second kappa shape index (κ2) is 7.25. The molecule has 0 aromatic heterocycles. The molecule has 0 bridgehead atoms. The third-order valence-corrected chi connectivity index (χ3v) is 3.79. The minimum Gasteiger partial charge on any atom is -0.317 e. The quantitative estimate of drug-likeness (QED) is 0.740. The molecule has 0 amide bonds. The predicted molar refractivity (Wildman–Crippen MR) is 70.9 cm³/mol. The molecule has 0 aromatic rings. The zero-order valence-corrected chi connectivity index (χ0v) is 11.5. The lowest BCUT2D eigenvalue weighted by Gasteiger charge is -2.35. The van der Waals surface area contributed by atoms with Crippen LogP contribution >= 0.6 is 0 Å². The van der Waals surface area contributed by atoms with Crippen LogP contribution in [-0.4, -0.2) is 63.2 Å². The second-order valence-corrected chi connectivity index (χ2v) is 5.44. The molecule has 0 saturated heterocycles. The van der Waals surface area contributed by atoms with Crippen LogP contribution in [0.4, 0.5) is 0 Å². The van der Waals surface area contributed by atoms with Gasteiger partial charge in [0.25, 0.3) is 0 Å². The molecule has 0 radical (unpaired) electrons. The van der Waals surface area contributed by atoms with Gasteiger partial charge in [-0.15, -0.1) is 0 Å². The summed E-state index contributed by atoms with van der Waals surface area (Å²) in [6.07, 6.45) is 6.74. The van der Waals surface area contributed by atoms with Gasteiger partial charge in [-0.05, 0) is 67.0 Å². The summed E-state index contributed by atoms with van der Waals surface area (Å²) in [5.74, 6) is 0. The topological polar surface area (TPSA) is 18.5 Å². The lowest BCUT2D eigenvalue weighted by Crippen LogP contribution is -2.42. The number of nitrogens with one attached hydrogen (secondary N) is 1. The molecule has 2 unspecified atom stereocenters. The molecule has 3 heteroatoms. The van der Waals surface area contributed by atoms with Crippen molar-refractivity contribution in [2.24, 2.45) is 0 Å². The highest BCUT2D eigenvalue weighted by atomic mass is 15.1. The standard InChI is InChI=1S/C13H29N3/c1-14-12-7-5-8-13(11-12)16(4)10-6-9-15(2)3/h12-14H,5-11H2,1-4H3. The van der Waals surface area contributed by atoms with Crippen molar-refractivity contribution in [1.82, 2.24) is 15.1 Å². The molecule has 2 atom stereocenters. The van der Waals surface area contributed by atoms with Crippen molar-refractivity contribution < 1.29 is 0 Å². The third-order valence-electron chi connectivity index (χ3n) is 3.79. The van der Waals surface area contributed by atoms with Gasteiger partial charge in [0.05, 0.1) is 0 Å². The van der Waals surface area contributed by atoms with Gasteiger partial charge in [0, 0.05) is 12.1 Å². The van der Waals surface area contributed by atoms with E-state index in [0.29, 0.717) is 0 Å². The SMILES string of the molecule is CNC1CCCC(N(C)CCCN(C)C)C1. The minimum atomic E-state index is 0.745. The summed E-state index contributed by atoms with van der Waals surface area (Å²) in [6, 6.07) is 1.54. The van der Waals surface area contributed by atoms with Gasteiger partial charge in [-0.2, -0.15) is 0 Å². The van der Waals surface area contributed by atoms with Gasteiger partial charge in [0.2, 0.25) is 0 Å². The van der Waals surface area contributed by atoms with E-state index in [-0.39, 0.29) is 0 Å². The fourth-order valence-electron chi connectivity index (χ4n) is 2.65. The third kappa shape index (κ3) is 4.81. The van der Waals surface area contributed by atoms with Crippen LogP contribution in [0.3, 0.4) is 0 Å². The molecule has 1 saturated carbocycles. The zero-order chi connectivity index (χ0) is 12.0. The molecule has 0 heterocycles. The van der Waals surface area contributed by atoms with Crippen molar-refractivity contribution in [3.8, 4) is 0 Å². The van der Waals surface area contributed by atoms with Crippen LogP contribution in [0.1, 0.15) is 32.1 Å². The number of hydrogen-bond acceptors (Lipinski definition) is 3. The maximum absolute atomic E-state index is 3.43. The molecular weight excluding hydrogens is 198 g/mol. The first-order valence-electron chi connectivity index (χ1n) is 6.65. The molecule has 96 valence electrons. The summed E-state index contributed by atoms with van der Waals surface area (Å²) < 4.78 is 0. The maximum atomic E-state index is 3.43. The van der Waals surface area contributed by atoms with E-state index in [0.717, 1.165) is 12.1 Å². The highest BCUT2D eigenvalue weighted by Crippen LogP contribution is 2.22. The average Bonchev–Trinajstić information content (AvgIpc) is 2.28. The fraction of sp³-hybridized carbons (Fsp3) is 1.00. The smallest absolute Gasteiger partial charge is 0.0107 e. The van der Waals surface area contributed by atoms with Crippen molar-refractivity contribution in [1.29, 1.82) is 0 Å². The average molecular weight is 227 g/mol. The molecule has 16 heavy (non-hydrogen) atoms. The molecule has 0 spiro atoms. The van der Waals surface area contributed by atoms with Crippen LogP contribution in [0.15, 0.2) is 0 Å². The molecule has 1 fully saturated rings. The van der Waals surface area contributed by atoms with E-state index in [1.165, 1.54) is 45.2 Å². The van der Waals surface area contributed by atoms with E-state index in [1.807, 2.05) is 0 Å². The summed E-state index contributed by atoms with van der Waals surface area (Å²) in [4.78, 5) is 4.83.